The van der Waals surface area contributed by atoms with Crippen molar-refractivity contribution in [3.05, 3.63) is 66.1 Å². The van der Waals surface area contributed by atoms with Gasteiger partial charge < -0.3 is 4.52 Å². The van der Waals surface area contributed by atoms with E-state index in [0.717, 1.165) is 4.31 Å². The standard InChI is InChI=1S/C18H13FN4O3S2/c1-23(14-6-4-13(19)5-7-14)28(24,25)15-8-10-27-16(15)18-21-17(22-26-18)12-3-2-9-20-11-12/h2-11H,1H3. The molecule has 0 saturated carbocycles. The van der Waals surface area contributed by atoms with Gasteiger partial charge in [0, 0.05) is 25.0 Å². The molecule has 0 aliphatic heterocycles. The van der Waals surface area contributed by atoms with E-state index in [0.29, 0.717) is 22.0 Å². The van der Waals surface area contributed by atoms with Crippen molar-refractivity contribution in [2.45, 2.75) is 4.90 Å². The molecule has 28 heavy (non-hydrogen) atoms. The number of nitrogens with zero attached hydrogens (tertiary/aromatic N) is 4. The summed E-state index contributed by atoms with van der Waals surface area (Å²) in [5.74, 6) is -0.0359. The van der Waals surface area contributed by atoms with E-state index in [9.17, 15) is 12.8 Å². The molecule has 3 heterocycles. The molecule has 0 unspecified atom stereocenters. The number of thiophene rings is 1. The first-order chi connectivity index (χ1) is 13.5. The van der Waals surface area contributed by atoms with Crippen LogP contribution in [0.25, 0.3) is 22.2 Å². The number of sulfonamides is 1. The molecule has 10 heteroatoms. The maximum absolute atomic E-state index is 13.1. The lowest BCUT2D eigenvalue weighted by molar-refractivity contribution is 0.432. The van der Waals surface area contributed by atoms with Gasteiger partial charge in [-0.1, -0.05) is 5.16 Å². The van der Waals surface area contributed by atoms with Crippen molar-refractivity contribution in [2.24, 2.45) is 0 Å². The zero-order valence-electron chi connectivity index (χ0n) is 14.5. The minimum Gasteiger partial charge on any atom is -0.333 e. The van der Waals surface area contributed by atoms with Gasteiger partial charge in [0.15, 0.2) is 0 Å². The molecule has 4 aromatic rings. The zero-order chi connectivity index (χ0) is 19.7. The summed E-state index contributed by atoms with van der Waals surface area (Å²) in [5.41, 5.74) is 0.988. The molecular formula is C18H13FN4O3S2. The summed E-state index contributed by atoms with van der Waals surface area (Å²) in [7, 11) is -2.51. The third kappa shape index (κ3) is 3.27. The lowest BCUT2D eigenvalue weighted by Gasteiger charge is -2.19. The molecule has 0 spiro atoms. The van der Waals surface area contributed by atoms with Gasteiger partial charge in [-0.15, -0.1) is 11.3 Å². The van der Waals surface area contributed by atoms with Gasteiger partial charge in [-0.05, 0) is 47.8 Å². The predicted molar refractivity (Wildman–Crippen MR) is 103 cm³/mol. The normalized spacial score (nSPS) is 11.5. The Bertz CT molecular complexity index is 1210. The highest BCUT2D eigenvalue weighted by Crippen LogP contribution is 2.35. The number of benzene rings is 1. The van der Waals surface area contributed by atoms with Gasteiger partial charge in [-0.2, -0.15) is 4.98 Å². The average molecular weight is 416 g/mol. The molecule has 0 fully saturated rings. The Hall–Kier alpha value is -3.11. The van der Waals surface area contributed by atoms with E-state index in [4.69, 9.17) is 4.52 Å². The van der Waals surface area contributed by atoms with Gasteiger partial charge >= 0.3 is 0 Å². The van der Waals surface area contributed by atoms with Gasteiger partial charge in [0.2, 0.25) is 5.82 Å². The molecular weight excluding hydrogens is 403 g/mol. The Morgan fingerprint density at radius 2 is 1.93 bits per heavy atom. The van der Waals surface area contributed by atoms with Gasteiger partial charge in [-0.3, -0.25) is 9.29 Å². The number of halogens is 1. The van der Waals surface area contributed by atoms with Gasteiger partial charge in [0.1, 0.15) is 15.6 Å². The van der Waals surface area contributed by atoms with Crippen LogP contribution < -0.4 is 4.31 Å². The minimum atomic E-state index is -3.91. The van der Waals surface area contributed by atoms with Gasteiger partial charge in [0.25, 0.3) is 15.9 Å². The van der Waals surface area contributed by atoms with Gasteiger partial charge in [0.05, 0.1) is 5.69 Å². The maximum Gasteiger partial charge on any atom is 0.269 e. The van der Waals surface area contributed by atoms with Crippen molar-refractivity contribution >= 4 is 27.0 Å². The SMILES string of the molecule is CN(c1ccc(F)cc1)S(=O)(=O)c1ccsc1-c1nc(-c2cccnc2)no1. The lowest BCUT2D eigenvalue weighted by atomic mass is 10.3. The monoisotopic (exact) mass is 416 g/mol. The molecule has 1 aromatic carbocycles. The third-order valence-corrected chi connectivity index (χ3v) is 6.86. The molecule has 0 radical (unpaired) electrons. The summed E-state index contributed by atoms with van der Waals surface area (Å²) in [6, 6.07) is 10.2. The van der Waals surface area contributed by atoms with E-state index >= 15 is 0 Å². The zero-order valence-corrected chi connectivity index (χ0v) is 16.1. The van der Waals surface area contributed by atoms with Crippen LogP contribution in [0.2, 0.25) is 0 Å². The predicted octanol–water partition coefficient (Wildman–Crippen LogP) is 3.82. The van der Waals surface area contributed by atoms with Crippen molar-refractivity contribution in [2.75, 3.05) is 11.4 Å². The molecule has 0 saturated heterocycles. The van der Waals surface area contributed by atoms with Crippen LogP contribution in [0.5, 0.6) is 0 Å². The fourth-order valence-corrected chi connectivity index (χ4v) is 5.03. The number of anilines is 1. The van der Waals surface area contributed by atoms with Crippen molar-refractivity contribution in [3.63, 3.8) is 0 Å². The van der Waals surface area contributed by atoms with E-state index in [2.05, 4.69) is 15.1 Å². The first-order valence-corrected chi connectivity index (χ1v) is 10.4. The number of rotatable bonds is 5. The Morgan fingerprint density at radius 3 is 2.64 bits per heavy atom. The fourth-order valence-electron chi connectivity index (χ4n) is 2.52. The maximum atomic E-state index is 13.1. The van der Waals surface area contributed by atoms with E-state index in [1.165, 1.54) is 48.7 Å². The van der Waals surface area contributed by atoms with Crippen molar-refractivity contribution in [3.8, 4) is 22.2 Å². The number of aromatic nitrogens is 3. The molecule has 7 nitrogen and oxygen atoms in total. The Labute approximate surface area is 164 Å². The van der Waals surface area contributed by atoms with E-state index in [1.54, 1.807) is 29.9 Å². The van der Waals surface area contributed by atoms with Crippen LogP contribution >= 0.6 is 11.3 Å². The fraction of sp³-hybridized carbons (Fsp3) is 0.0556. The average Bonchev–Trinajstić information content (AvgIpc) is 3.38. The molecule has 0 atom stereocenters. The van der Waals surface area contributed by atoms with Crippen LogP contribution in [0.3, 0.4) is 0 Å². The number of hydrogen-bond acceptors (Lipinski definition) is 7. The highest BCUT2D eigenvalue weighted by Gasteiger charge is 2.28. The van der Waals surface area contributed by atoms with Crippen LogP contribution in [-0.4, -0.2) is 30.6 Å². The summed E-state index contributed by atoms with van der Waals surface area (Å²) in [6.45, 7) is 0. The first-order valence-electron chi connectivity index (χ1n) is 8.03. The molecule has 0 aliphatic carbocycles. The van der Waals surface area contributed by atoms with E-state index in [-0.39, 0.29) is 10.8 Å². The molecule has 142 valence electrons. The highest BCUT2D eigenvalue weighted by atomic mass is 32.2. The minimum absolute atomic E-state index is 0.0331. The van der Waals surface area contributed by atoms with Crippen molar-refractivity contribution in [1.29, 1.82) is 0 Å². The molecule has 4 rings (SSSR count). The van der Waals surface area contributed by atoms with Crippen LogP contribution in [0, 0.1) is 5.82 Å². The second-order valence-corrected chi connectivity index (χ2v) is 8.58. The van der Waals surface area contributed by atoms with Crippen LogP contribution in [0.15, 0.2) is 69.7 Å². The highest BCUT2D eigenvalue weighted by molar-refractivity contribution is 7.93. The van der Waals surface area contributed by atoms with Crippen molar-refractivity contribution in [1.82, 2.24) is 15.1 Å². The second-order valence-electron chi connectivity index (χ2n) is 5.73. The molecule has 0 N–H and O–H groups in total. The first kappa shape index (κ1) is 18.3. The Morgan fingerprint density at radius 1 is 1.14 bits per heavy atom. The van der Waals surface area contributed by atoms with Gasteiger partial charge in [-0.25, -0.2) is 12.8 Å². The number of hydrogen-bond donors (Lipinski definition) is 0. The van der Waals surface area contributed by atoms with E-state index < -0.39 is 15.8 Å². The third-order valence-electron chi connectivity index (χ3n) is 4.00. The molecule has 0 amide bonds. The summed E-state index contributed by atoms with van der Waals surface area (Å²) < 4.78 is 45.7. The Balaban J connectivity index is 1.71. The smallest absolute Gasteiger partial charge is 0.269 e. The van der Waals surface area contributed by atoms with Crippen LogP contribution in [0.4, 0.5) is 10.1 Å². The summed E-state index contributed by atoms with van der Waals surface area (Å²) in [5, 5.41) is 5.54. The molecule has 3 aromatic heterocycles. The largest absolute Gasteiger partial charge is 0.333 e. The summed E-state index contributed by atoms with van der Waals surface area (Å²) >= 11 is 1.18. The number of pyridine rings is 1. The van der Waals surface area contributed by atoms with Crippen molar-refractivity contribution < 1.29 is 17.3 Å². The summed E-state index contributed by atoms with van der Waals surface area (Å²) in [4.78, 5) is 8.67. The second kappa shape index (κ2) is 7.13. The summed E-state index contributed by atoms with van der Waals surface area (Å²) in [6.07, 6.45) is 3.21. The quantitative estimate of drug-likeness (QED) is 0.491. The molecule has 0 aliphatic rings. The molecule has 0 bridgehead atoms. The van der Waals surface area contributed by atoms with E-state index in [1.807, 2.05) is 0 Å². The van der Waals surface area contributed by atoms with Crippen LogP contribution in [0.1, 0.15) is 0 Å². The topological polar surface area (TPSA) is 89.2 Å². The lowest BCUT2D eigenvalue weighted by Crippen LogP contribution is -2.26. The van der Waals surface area contributed by atoms with Crippen LogP contribution in [-0.2, 0) is 10.0 Å². The Kier molecular flexibility index (Phi) is 4.65.